The first kappa shape index (κ1) is 15.3. The van der Waals surface area contributed by atoms with Crippen LogP contribution in [0.4, 0.5) is 17.6 Å². The van der Waals surface area contributed by atoms with E-state index in [0.717, 1.165) is 31.6 Å². The van der Waals surface area contributed by atoms with Gasteiger partial charge in [-0.1, -0.05) is 19.9 Å². The number of rotatable bonds is 5. The number of benzene rings is 1. The standard InChI is InChI=1S/C15H19F4N/c1-9(2)7-20-8-11-5-12(11)10-3-4-14(16)13(6-10)15(17,18)19/h3-4,6,9,11-12,20H,5,7-8H2,1-2H3. The number of hydrogen-bond acceptors (Lipinski definition) is 1. The topological polar surface area (TPSA) is 12.0 Å². The first-order valence-corrected chi connectivity index (χ1v) is 6.86. The molecule has 5 heteroatoms. The van der Waals surface area contributed by atoms with Crippen molar-refractivity contribution in [1.82, 2.24) is 5.32 Å². The smallest absolute Gasteiger partial charge is 0.316 e. The lowest BCUT2D eigenvalue weighted by Crippen LogP contribution is -2.22. The van der Waals surface area contributed by atoms with Crippen LogP contribution in [0.15, 0.2) is 18.2 Å². The molecule has 0 aliphatic heterocycles. The second-order valence-corrected chi connectivity index (χ2v) is 5.89. The van der Waals surface area contributed by atoms with E-state index in [0.29, 0.717) is 17.4 Å². The molecular formula is C15H19F4N. The minimum atomic E-state index is -4.62. The van der Waals surface area contributed by atoms with Crippen LogP contribution in [-0.4, -0.2) is 13.1 Å². The van der Waals surface area contributed by atoms with Gasteiger partial charge in [0.2, 0.25) is 0 Å². The van der Waals surface area contributed by atoms with Gasteiger partial charge >= 0.3 is 6.18 Å². The fourth-order valence-electron chi connectivity index (χ4n) is 2.43. The number of nitrogens with one attached hydrogen (secondary N) is 1. The molecule has 0 heterocycles. The molecule has 1 aliphatic rings. The first-order valence-electron chi connectivity index (χ1n) is 6.86. The normalized spacial score (nSPS) is 22.4. The highest BCUT2D eigenvalue weighted by molar-refractivity contribution is 5.33. The Hall–Kier alpha value is -1.10. The van der Waals surface area contributed by atoms with Crippen molar-refractivity contribution in [3.8, 4) is 0 Å². The van der Waals surface area contributed by atoms with E-state index in [1.165, 1.54) is 6.07 Å². The molecule has 1 nitrogen and oxygen atoms in total. The van der Waals surface area contributed by atoms with Gasteiger partial charge in [-0.15, -0.1) is 0 Å². The summed E-state index contributed by atoms with van der Waals surface area (Å²) in [7, 11) is 0. The summed E-state index contributed by atoms with van der Waals surface area (Å²) >= 11 is 0. The number of hydrogen-bond donors (Lipinski definition) is 1. The maximum atomic E-state index is 13.2. The van der Waals surface area contributed by atoms with E-state index in [4.69, 9.17) is 0 Å². The Morgan fingerprint density at radius 1 is 1.30 bits per heavy atom. The van der Waals surface area contributed by atoms with Gasteiger partial charge in [-0.05, 0) is 55.0 Å². The molecule has 2 unspecified atom stereocenters. The molecule has 0 aromatic heterocycles. The fourth-order valence-corrected chi connectivity index (χ4v) is 2.43. The monoisotopic (exact) mass is 289 g/mol. The van der Waals surface area contributed by atoms with Crippen LogP contribution in [0.3, 0.4) is 0 Å². The van der Waals surface area contributed by atoms with Crippen molar-refractivity contribution >= 4 is 0 Å². The summed E-state index contributed by atoms with van der Waals surface area (Å²) in [4.78, 5) is 0. The maximum absolute atomic E-state index is 13.2. The molecular weight excluding hydrogens is 270 g/mol. The minimum Gasteiger partial charge on any atom is -0.316 e. The predicted molar refractivity (Wildman–Crippen MR) is 70.0 cm³/mol. The van der Waals surface area contributed by atoms with Crippen LogP contribution in [0.2, 0.25) is 0 Å². The molecule has 1 aromatic carbocycles. The summed E-state index contributed by atoms with van der Waals surface area (Å²) in [5.41, 5.74) is -0.564. The summed E-state index contributed by atoms with van der Waals surface area (Å²) in [6, 6.07) is 3.36. The van der Waals surface area contributed by atoms with Gasteiger partial charge < -0.3 is 5.32 Å². The van der Waals surface area contributed by atoms with Gasteiger partial charge in [0, 0.05) is 0 Å². The SMILES string of the molecule is CC(C)CNCC1CC1c1ccc(F)c(C(F)(F)F)c1. The highest BCUT2D eigenvalue weighted by Crippen LogP contribution is 2.48. The van der Waals surface area contributed by atoms with E-state index in [1.807, 2.05) is 0 Å². The van der Waals surface area contributed by atoms with Crippen molar-refractivity contribution in [2.75, 3.05) is 13.1 Å². The average Bonchev–Trinajstić information content (AvgIpc) is 3.07. The molecule has 0 radical (unpaired) electrons. The Labute approximate surface area is 116 Å². The second kappa shape index (κ2) is 5.72. The van der Waals surface area contributed by atoms with Crippen molar-refractivity contribution in [3.05, 3.63) is 35.1 Å². The number of halogens is 4. The van der Waals surface area contributed by atoms with Gasteiger partial charge in [0.15, 0.2) is 0 Å². The van der Waals surface area contributed by atoms with Crippen molar-refractivity contribution < 1.29 is 17.6 Å². The van der Waals surface area contributed by atoms with Crippen LogP contribution < -0.4 is 5.32 Å². The second-order valence-electron chi connectivity index (χ2n) is 5.89. The zero-order valence-corrected chi connectivity index (χ0v) is 11.6. The Kier molecular flexibility index (Phi) is 4.37. The Morgan fingerprint density at radius 2 is 2.00 bits per heavy atom. The molecule has 0 spiro atoms. The average molecular weight is 289 g/mol. The molecule has 1 aliphatic carbocycles. The quantitative estimate of drug-likeness (QED) is 0.801. The molecule has 2 rings (SSSR count). The van der Waals surface area contributed by atoms with E-state index in [-0.39, 0.29) is 5.92 Å². The Bertz CT molecular complexity index is 467. The molecule has 2 atom stereocenters. The molecule has 1 fully saturated rings. The molecule has 1 aromatic rings. The van der Waals surface area contributed by atoms with E-state index in [2.05, 4.69) is 19.2 Å². The Balaban J connectivity index is 1.98. The molecule has 0 bridgehead atoms. The van der Waals surface area contributed by atoms with Crippen LogP contribution in [0.25, 0.3) is 0 Å². The summed E-state index contributed by atoms with van der Waals surface area (Å²) in [6.07, 6.45) is -3.76. The summed E-state index contributed by atoms with van der Waals surface area (Å²) < 4.78 is 51.2. The molecule has 112 valence electrons. The summed E-state index contributed by atoms with van der Waals surface area (Å²) in [6.45, 7) is 5.92. The lowest BCUT2D eigenvalue weighted by molar-refractivity contribution is -0.140. The van der Waals surface area contributed by atoms with Gasteiger partial charge in [0.05, 0.1) is 5.56 Å². The molecule has 1 saturated carbocycles. The molecule has 0 saturated heterocycles. The van der Waals surface area contributed by atoms with Gasteiger partial charge in [0.1, 0.15) is 5.82 Å². The third kappa shape index (κ3) is 3.72. The van der Waals surface area contributed by atoms with E-state index in [1.54, 1.807) is 0 Å². The third-order valence-electron chi connectivity index (χ3n) is 3.61. The third-order valence-corrected chi connectivity index (χ3v) is 3.61. The minimum absolute atomic E-state index is 0.122. The largest absolute Gasteiger partial charge is 0.419 e. The Morgan fingerprint density at radius 3 is 2.60 bits per heavy atom. The predicted octanol–water partition coefficient (Wildman–Crippen LogP) is 4.19. The zero-order chi connectivity index (χ0) is 14.9. The van der Waals surface area contributed by atoms with Crippen LogP contribution >= 0.6 is 0 Å². The van der Waals surface area contributed by atoms with E-state index in [9.17, 15) is 17.6 Å². The van der Waals surface area contributed by atoms with Gasteiger partial charge in [-0.3, -0.25) is 0 Å². The van der Waals surface area contributed by atoms with Crippen molar-refractivity contribution in [2.45, 2.75) is 32.4 Å². The zero-order valence-electron chi connectivity index (χ0n) is 11.6. The molecule has 0 amide bonds. The summed E-state index contributed by atoms with van der Waals surface area (Å²) in [5, 5.41) is 3.31. The van der Waals surface area contributed by atoms with Crippen LogP contribution in [0.5, 0.6) is 0 Å². The van der Waals surface area contributed by atoms with Crippen molar-refractivity contribution in [3.63, 3.8) is 0 Å². The highest BCUT2D eigenvalue weighted by atomic mass is 19.4. The van der Waals surface area contributed by atoms with Crippen molar-refractivity contribution in [1.29, 1.82) is 0 Å². The molecule has 20 heavy (non-hydrogen) atoms. The van der Waals surface area contributed by atoms with E-state index < -0.39 is 17.6 Å². The van der Waals surface area contributed by atoms with Crippen LogP contribution in [-0.2, 0) is 6.18 Å². The van der Waals surface area contributed by atoms with Crippen molar-refractivity contribution in [2.24, 2.45) is 11.8 Å². The van der Waals surface area contributed by atoms with E-state index >= 15 is 0 Å². The number of alkyl halides is 3. The fraction of sp³-hybridized carbons (Fsp3) is 0.600. The lowest BCUT2D eigenvalue weighted by atomic mass is 10.0. The first-order chi connectivity index (χ1) is 9.29. The van der Waals surface area contributed by atoms with Crippen LogP contribution in [0.1, 0.15) is 37.3 Å². The summed E-state index contributed by atoms with van der Waals surface area (Å²) in [5.74, 6) is -0.164. The van der Waals surface area contributed by atoms with Crippen LogP contribution in [0, 0.1) is 17.7 Å². The van der Waals surface area contributed by atoms with Gasteiger partial charge in [0.25, 0.3) is 0 Å². The molecule has 1 N–H and O–H groups in total. The van der Waals surface area contributed by atoms with Gasteiger partial charge in [-0.25, -0.2) is 4.39 Å². The highest BCUT2D eigenvalue weighted by Gasteiger charge is 2.40. The maximum Gasteiger partial charge on any atom is 0.419 e. The van der Waals surface area contributed by atoms with Gasteiger partial charge in [-0.2, -0.15) is 13.2 Å². The lowest BCUT2D eigenvalue weighted by Gasteiger charge is -2.10.